The first kappa shape index (κ1) is 7.35. The number of hydrogen-bond acceptors (Lipinski definition) is 2. The quantitative estimate of drug-likeness (QED) is 0.571. The van der Waals surface area contributed by atoms with E-state index in [-0.39, 0.29) is 0 Å². The number of carbonyl (C=O) groups is 1. The third-order valence-corrected chi connectivity index (χ3v) is 3.77. The number of fused-ring (bicyclic) bond motifs is 3. The minimum atomic E-state index is -0.549. The molecule has 0 aromatic rings. The van der Waals surface area contributed by atoms with E-state index < -0.39 is 6.03 Å². The monoisotopic (exact) mass is 179 g/mol. The molecule has 0 unspecified atom stereocenters. The average Bonchev–Trinajstić information content (AvgIpc) is 2.70. The van der Waals surface area contributed by atoms with Crippen molar-refractivity contribution in [1.29, 1.82) is 0 Å². The molecule has 3 N–H and O–H groups in total. The lowest BCUT2D eigenvalue weighted by Crippen LogP contribution is -2.32. The van der Waals surface area contributed by atoms with Gasteiger partial charge in [0.25, 0.3) is 0 Å². The van der Waals surface area contributed by atoms with Crippen LogP contribution in [0.25, 0.3) is 0 Å². The lowest BCUT2D eigenvalue weighted by Gasteiger charge is -2.32. The van der Waals surface area contributed by atoms with Crippen LogP contribution >= 0.6 is 0 Å². The summed E-state index contributed by atoms with van der Waals surface area (Å²) in [5.41, 5.74) is 8.55. The van der Waals surface area contributed by atoms with Crippen molar-refractivity contribution >= 4 is 11.7 Å². The van der Waals surface area contributed by atoms with Gasteiger partial charge in [-0.15, -0.1) is 0 Å². The largest absolute Gasteiger partial charge is 0.350 e. The van der Waals surface area contributed by atoms with Crippen LogP contribution in [0.3, 0.4) is 0 Å². The summed E-state index contributed by atoms with van der Waals surface area (Å²) in [4.78, 5) is 10.5. The van der Waals surface area contributed by atoms with Crippen molar-refractivity contribution in [2.75, 3.05) is 0 Å². The van der Waals surface area contributed by atoms with E-state index in [4.69, 9.17) is 5.73 Å². The van der Waals surface area contributed by atoms with Crippen LogP contribution < -0.4 is 11.2 Å². The zero-order valence-electron chi connectivity index (χ0n) is 7.36. The maximum atomic E-state index is 10.5. The summed E-state index contributed by atoms with van der Waals surface area (Å²) in [6.45, 7) is 0. The molecule has 0 aromatic carbocycles. The molecule has 0 bridgehead atoms. The topological polar surface area (TPSA) is 67.5 Å². The minimum Gasteiger partial charge on any atom is -0.350 e. The molecule has 3 aliphatic carbocycles. The van der Waals surface area contributed by atoms with Crippen molar-refractivity contribution < 1.29 is 4.79 Å². The van der Waals surface area contributed by atoms with Crippen LogP contribution in [0.1, 0.15) is 19.3 Å². The highest BCUT2D eigenvalue weighted by Gasteiger charge is 2.61. The number of nitrogens with one attached hydrogen (secondary N) is 1. The van der Waals surface area contributed by atoms with Gasteiger partial charge >= 0.3 is 6.03 Å². The summed E-state index contributed by atoms with van der Waals surface area (Å²) in [7, 11) is 0. The fourth-order valence-corrected chi connectivity index (χ4v) is 2.99. The van der Waals surface area contributed by atoms with E-state index in [1.165, 1.54) is 25.0 Å². The first-order chi connectivity index (χ1) is 6.27. The molecule has 0 radical (unpaired) electrons. The summed E-state index contributed by atoms with van der Waals surface area (Å²) in [6, 6.07) is -0.549. The number of amides is 2. The number of primary amides is 1. The van der Waals surface area contributed by atoms with Crippen LogP contribution in [0.15, 0.2) is 5.10 Å². The molecule has 4 nitrogen and oxygen atoms in total. The number of hydrogen-bond donors (Lipinski definition) is 2. The third-order valence-electron chi connectivity index (χ3n) is 3.77. The van der Waals surface area contributed by atoms with Crippen LogP contribution in [-0.4, -0.2) is 11.7 Å². The van der Waals surface area contributed by atoms with Gasteiger partial charge in [0.15, 0.2) is 0 Å². The van der Waals surface area contributed by atoms with Crippen LogP contribution in [0, 0.1) is 23.7 Å². The zero-order valence-corrected chi connectivity index (χ0v) is 7.36. The molecular formula is C9H13N3O. The van der Waals surface area contributed by atoms with E-state index in [0.29, 0.717) is 11.8 Å². The Balaban J connectivity index is 1.77. The van der Waals surface area contributed by atoms with Crippen molar-refractivity contribution in [3.05, 3.63) is 0 Å². The molecule has 0 heterocycles. The fraction of sp³-hybridized carbons (Fsp3) is 0.778. The average molecular weight is 179 g/mol. The van der Waals surface area contributed by atoms with Gasteiger partial charge in [0.1, 0.15) is 0 Å². The molecule has 0 aromatic heterocycles. The second-order valence-corrected chi connectivity index (χ2v) is 4.37. The molecule has 0 aliphatic heterocycles. The highest BCUT2D eigenvalue weighted by Crippen LogP contribution is 2.63. The summed E-state index contributed by atoms with van der Waals surface area (Å²) in [5, 5.41) is 4.12. The smallest absolute Gasteiger partial charge is 0.332 e. The number of urea groups is 1. The van der Waals surface area contributed by atoms with Gasteiger partial charge in [-0.25, -0.2) is 10.2 Å². The molecule has 70 valence electrons. The number of hydrazone groups is 1. The Morgan fingerprint density at radius 3 is 2.77 bits per heavy atom. The third kappa shape index (κ3) is 0.913. The summed E-state index contributed by atoms with van der Waals surface area (Å²) in [5.74, 6) is 3.14. The highest BCUT2D eigenvalue weighted by atomic mass is 16.2. The van der Waals surface area contributed by atoms with E-state index in [9.17, 15) is 4.79 Å². The Morgan fingerprint density at radius 2 is 2.23 bits per heavy atom. The Kier molecular flexibility index (Phi) is 1.27. The molecule has 3 saturated carbocycles. The fourth-order valence-electron chi connectivity index (χ4n) is 2.99. The second kappa shape index (κ2) is 2.25. The van der Waals surface area contributed by atoms with Gasteiger partial charge in [0, 0.05) is 17.5 Å². The summed E-state index contributed by atoms with van der Waals surface area (Å²) in [6.07, 6.45) is 3.92. The molecule has 0 saturated heterocycles. The minimum absolute atomic E-state index is 0.549. The van der Waals surface area contributed by atoms with Crippen molar-refractivity contribution in [1.82, 2.24) is 5.43 Å². The molecule has 13 heavy (non-hydrogen) atoms. The normalized spacial score (nSPS) is 47.8. The molecule has 4 atom stereocenters. The Hall–Kier alpha value is -1.06. The van der Waals surface area contributed by atoms with Gasteiger partial charge in [-0.05, 0) is 31.1 Å². The van der Waals surface area contributed by atoms with E-state index in [2.05, 4.69) is 10.5 Å². The molecular weight excluding hydrogens is 166 g/mol. The number of rotatable bonds is 1. The molecule has 3 fully saturated rings. The number of carbonyl (C=O) groups excluding carboxylic acids is 1. The van der Waals surface area contributed by atoms with Gasteiger partial charge in [-0.2, -0.15) is 5.10 Å². The van der Waals surface area contributed by atoms with E-state index in [1.54, 1.807) is 0 Å². The van der Waals surface area contributed by atoms with Crippen LogP contribution in [0.2, 0.25) is 0 Å². The van der Waals surface area contributed by atoms with E-state index >= 15 is 0 Å². The van der Waals surface area contributed by atoms with Crippen LogP contribution in [0.4, 0.5) is 4.79 Å². The standard InChI is InChI=1S/C9H13N3O/c10-9(13)12-11-8-5-2-1-4(5)6-3-7(6)8/h4-7H,1-3H2,(H3,10,12,13)/b11-8+/t4-,5+,6+,7+/m0/s1. The van der Waals surface area contributed by atoms with Crippen molar-refractivity contribution in [3.63, 3.8) is 0 Å². The second-order valence-electron chi connectivity index (χ2n) is 4.37. The maximum absolute atomic E-state index is 10.5. The van der Waals surface area contributed by atoms with Crippen LogP contribution in [-0.2, 0) is 0 Å². The Labute approximate surface area is 76.6 Å². The van der Waals surface area contributed by atoms with Gasteiger partial charge in [-0.3, -0.25) is 0 Å². The van der Waals surface area contributed by atoms with Crippen molar-refractivity contribution in [2.24, 2.45) is 34.5 Å². The summed E-state index contributed by atoms with van der Waals surface area (Å²) < 4.78 is 0. The first-order valence-electron chi connectivity index (χ1n) is 4.90. The van der Waals surface area contributed by atoms with E-state index in [1.807, 2.05) is 0 Å². The van der Waals surface area contributed by atoms with Crippen molar-refractivity contribution in [3.8, 4) is 0 Å². The molecule has 0 spiro atoms. The predicted octanol–water partition coefficient (Wildman–Crippen LogP) is 0.687. The SMILES string of the molecule is NC(=O)N/N=C1\[C@@H]2CC[C@@H]2[C@H]2C[C@@H]12. The molecule has 2 amide bonds. The van der Waals surface area contributed by atoms with E-state index in [0.717, 1.165) is 11.8 Å². The Morgan fingerprint density at radius 1 is 1.38 bits per heavy atom. The highest BCUT2D eigenvalue weighted by molar-refractivity contribution is 5.95. The molecule has 4 heteroatoms. The number of nitrogens with zero attached hydrogens (tertiary/aromatic N) is 1. The predicted molar refractivity (Wildman–Crippen MR) is 48.0 cm³/mol. The first-order valence-corrected chi connectivity index (χ1v) is 4.90. The summed E-state index contributed by atoms with van der Waals surface area (Å²) >= 11 is 0. The Bertz CT molecular complexity index is 299. The lowest BCUT2D eigenvalue weighted by atomic mass is 9.72. The van der Waals surface area contributed by atoms with Gasteiger partial charge < -0.3 is 5.73 Å². The lowest BCUT2D eigenvalue weighted by molar-refractivity contribution is 0.232. The van der Waals surface area contributed by atoms with Gasteiger partial charge in [0.2, 0.25) is 0 Å². The number of nitrogens with two attached hydrogens (primary N) is 1. The molecule has 3 aliphatic rings. The van der Waals surface area contributed by atoms with Crippen LogP contribution in [0.5, 0.6) is 0 Å². The maximum Gasteiger partial charge on any atom is 0.332 e. The zero-order chi connectivity index (χ0) is 9.00. The molecule has 3 rings (SSSR count). The van der Waals surface area contributed by atoms with Crippen molar-refractivity contribution in [2.45, 2.75) is 19.3 Å². The van der Waals surface area contributed by atoms with Gasteiger partial charge in [0.05, 0.1) is 0 Å². The van der Waals surface area contributed by atoms with Gasteiger partial charge in [-0.1, -0.05) is 0 Å².